The Morgan fingerprint density at radius 1 is 0.840 bits per heavy atom. The van der Waals surface area contributed by atoms with Gasteiger partial charge < -0.3 is 10.3 Å². The molecule has 0 aliphatic heterocycles. The van der Waals surface area contributed by atoms with Crippen molar-refractivity contribution in [3.05, 3.63) is 102 Å². The number of aromatic nitrogens is 1. The highest BCUT2D eigenvalue weighted by Crippen LogP contribution is 2.21. The van der Waals surface area contributed by atoms with Crippen LogP contribution in [0.4, 0.5) is 5.69 Å². The average molecular weight is 326 g/mol. The zero-order valence-electron chi connectivity index (χ0n) is 13.7. The van der Waals surface area contributed by atoms with Crippen LogP contribution in [0.3, 0.4) is 0 Å². The quantitative estimate of drug-likeness (QED) is 0.544. The molecule has 3 heteroatoms. The zero-order valence-corrected chi connectivity index (χ0v) is 13.7. The summed E-state index contributed by atoms with van der Waals surface area (Å²) in [6.07, 6.45) is 0.782. The number of rotatable bonds is 4. The summed E-state index contributed by atoms with van der Waals surface area (Å²) in [6.45, 7) is 0. The lowest BCUT2D eigenvalue weighted by molar-refractivity contribution is 0.102. The second-order valence-corrected chi connectivity index (χ2v) is 6.04. The molecule has 0 unspecified atom stereocenters. The summed E-state index contributed by atoms with van der Waals surface area (Å²) in [6, 6.07) is 27.9. The van der Waals surface area contributed by atoms with Crippen molar-refractivity contribution < 1.29 is 4.79 Å². The van der Waals surface area contributed by atoms with E-state index in [4.69, 9.17) is 0 Å². The van der Waals surface area contributed by atoms with E-state index in [1.54, 1.807) is 0 Å². The smallest absolute Gasteiger partial charge is 0.272 e. The van der Waals surface area contributed by atoms with Gasteiger partial charge in [-0.1, -0.05) is 66.7 Å². The molecule has 0 atom stereocenters. The fourth-order valence-corrected chi connectivity index (χ4v) is 3.00. The van der Waals surface area contributed by atoms with Crippen molar-refractivity contribution in [1.82, 2.24) is 4.98 Å². The van der Waals surface area contributed by atoms with E-state index < -0.39 is 0 Å². The minimum atomic E-state index is -0.128. The van der Waals surface area contributed by atoms with E-state index in [0.29, 0.717) is 5.69 Å². The number of carbonyl (C=O) groups excluding carboxylic acids is 1. The number of fused-ring (bicyclic) bond motifs is 1. The van der Waals surface area contributed by atoms with E-state index in [0.717, 1.165) is 28.6 Å². The molecular formula is C22H18N2O. The summed E-state index contributed by atoms with van der Waals surface area (Å²) in [7, 11) is 0. The topological polar surface area (TPSA) is 44.9 Å². The second-order valence-electron chi connectivity index (χ2n) is 6.04. The Bertz CT molecular complexity index is 985. The molecule has 3 aromatic carbocycles. The van der Waals surface area contributed by atoms with Gasteiger partial charge in [-0.3, -0.25) is 4.79 Å². The van der Waals surface area contributed by atoms with Crippen molar-refractivity contribution in [3.8, 4) is 0 Å². The van der Waals surface area contributed by atoms with Gasteiger partial charge in [0, 0.05) is 16.6 Å². The lowest BCUT2D eigenvalue weighted by Crippen LogP contribution is -2.13. The molecule has 0 bridgehead atoms. The highest BCUT2D eigenvalue weighted by atomic mass is 16.1. The van der Waals surface area contributed by atoms with Crippen LogP contribution in [0.25, 0.3) is 10.9 Å². The minimum absolute atomic E-state index is 0.128. The zero-order chi connectivity index (χ0) is 17.1. The summed E-state index contributed by atoms with van der Waals surface area (Å²) in [5.41, 5.74) is 4.68. The number of hydrogen-bond donors (Lipinski definition) is 2. The molecule has 0 saturated heterocycles. The lowest BCUT2D eigenvalue weighted by atomic mass is 10.0. The fourth-order valence-electron chi connectivity index (χ4n) is 3.00. The van der Waals surface area contributed by atoms with Gasteiger partial charge in [0.2, 0.25) is 0 Å². The molecule has 4 rings (SSSR count). The lowest BCUT2D eigenvalue weighted by Gasteiger charge is -2.10. The van der Waals surface area contributed by atoms with Crippen LogP contribution in [0, 0.1) is 0 Å². The molecule has 0 radical (unpaired) electrons. The van der Waals surface area contributed by atoms with Crippen molar-refractivity contribution in [2.75, 3.05) is 5.32 Å². The number of nitrogens with one attached hydrogen (secondary N) is 2. The Kier molecular flexibility index (Phi) is 4.05. The minimum Gasteiger partial charge on any atom is -0.351 e. The molecule has 0 aliphatic carbocycles. The van der Waals surface area contributed by atoms with Gasteiger partial charge in [0.05, 0.1) is 0 Å². The first kappa shape index (κ1) is 15.2. The summed E-state index contributed by atoms with van der Waals surface area (Å²) < 4.78 is 0. The van der Waals surface area contributed by atoms with Gasteiger partial charge in [-0.2, -0.15) is 0 Å². The van der Waals surface area contributed by atoms with Crippen LogP contribution in [0.2, 0.25) is 0 Å². The first-order valence-electron chi connectivity index (χ1n) is 8.30. The molecule has 2 N–H and O–H groups in total. The van der Waals surface area contributed by atoms with Gasteiger partial charge >= 0.3 is 0 Å². The van der Waals surface area contributed by atoms with Crippen LogP contribution < -0.4 is 5.32 Å². The van der Waals surface area contributed by atoms with Crippen LogP contribution in [0.1, 0.15) is 21.6 Å². The Morgan fingerprint density at radius 3 is 2.40 bits per heavy atom. The number of H-pyrrole nitrogens is 1. The molecule has 0 spiro atoms. The van der Waals surface area contributed by atoms with Gasteiger partial charge in [-0.05, 0) is 35.7 Å². The van der Waals surface area contributed by atoms with Crippen LogP contribution >= 0.6 is 0 Å². The first-order chi connectivity index (χ1) is 12.3. The van der Waals surface area contributed by atoms with E-state index >= 15 is 0 Å². The van der Waals surface area contributed by atoms with Gasteiger partial charge in [0.1, 0.15) is 5.69 Å². The van der Waals surface area contributed by atoms with E-state index in [1.165, 1.54) is 5.56 Å². The van der Waals surface area contributed by atoms with Gasteiger partial charge in [-0.25, -0.2) is 0 Å². The molecular weight excluding hydrogens is 308 g/mol. The van der Waals surface area contributed by atoms with E-state index in [2.05, 4.69) is 22.4 Å². The maximum absolute atomic E-state index is 12.6. The summed E-state index contributed by atoms with van der Waals surface area (Å²) in [5.74, 6) is -0.128. The molecule has 0 saturated carbocycles. The molecule has 122 valence electrons. The molecule has 4 aromatic rings. The normalized spacial score (nSPS) is 10.7. The molecule has 1 aromatic heterocycles. The number of anilines is 1. The van der Waals surface area contributed by atoms with Crippen molar-refractivity contribution >= 4 is 22.5 Å². The fraction of sp³-hybridized carbons (Fsp3) is 0.0455. The largest absolute Gasteiger partial charge is 0.351 e. The third-order valence-electron chi connectivity index (χ3n) is 4.28. The Balaban J connectivity index is 1.59. The van der Waals surface area contributed by atoms with Crippen molar-refractivity contribution in [1.29, 1.82) is 0 Å². The van der Waals surface area contributed by atoms with E-state index in [-0.39, 0.29) is 5.91 Å². The van der Waals surface area contributed by atoms with Gasteiger partial charge in [0.25, 0.3) is 5.91 Å². The molecule has 1 amide bonds. The van der Waals surface area contributed by atoms with Crippen molar-refractivity contribution in [2.45, 2.75) is 6.42 Å². The maximum Gasteiger partial charge on any atom is 0.272 e. The number of hydrogen-bond acceptors (Lipinski definition) is 1. The SMILES string of the molecule is O=C(Nc1ccccc1Cc1ccccc1)c1cc2ccccc2[nH]1. The van der Waals surface area contributed by atoms with Crippen LogP contribution in [0.15, 0.2) is 84.9 Å². The average Bonchev–Trinajstić information content (AvgIpc) is 3.09. The van der Waals surface area contributed by atoms with Crippen LogP contribution in [-0.2, 0) is 6.42 Å². The molecule has 25 heavy (non-hydrogen) atoms. The molecule has 0 aliphatic rings. The number of para-hydroxylation sites is 2. The maximum atomic E-state index is 12.6. The highest BCUT2D eigenvalue weighted by Gasteiger charge is 2.11. The third kappa shape index (κ3) is 3.31. The molecule has 3 nitrogen and oxygen atoms in total. The summed E-state index contributed by atoms with van der Waals surface area (Å²) in [4.78, 5) is 15.8. The monoisotopic (exact) mass is 326 g/mol. The number of amides is 1. The van der Waals surface area contributed by atoms with Crippen LogP contribution in [-0.4, -0.2) is 10.9 Å². The van der Waals surface area contributed by atoms with Gasteiger partial charge in [-0.15, -0.1) is 0 Å². The van der Waals surface area contributed by atoms with Gasteiger partial charge in [0.15, 0.2) is 0 Å². The van der Waals surface area contributed by atoms with Crippen LogP contribution in [0.5, 0.6) is 0 Å². The highest BCUT2D eigenvalue weighted by molar-refractivity contribution is 6.06. The van der Waals surface area contributed by atoms with Crippen molar-refractivity contribution in [3.63, 3.8) is 0 Å². The second kappa shape index (κ2) is 6.65. The summed E-state index contributed by atoms with van der Waals surface area (Å²) in [5, 5.41) is 4.07. The Labute approximate surface area is 146 Å². The first-order valence-corrected chi connectivity index (χ1v) is 8.30. The number of aromatic amines is 1. The summed E-state index contributed by atoms with van der Waals surface area (Å²) >= 11 is 0. The third-order valence-corrected chi connectivity index (χ3v) is 4.28. The number of carbonyl (C=O) groups is 1. The predicted molar refractivity (Wildman–Crippen MR) is 102 cm³/mol. The van der Waals surface area contributed by atoms with E-state index in [1.807, 2.05) is 72.8 Å². The Hall–Kier alpha value is -3.33. The predicted octanol–water partition coefficient (Wildman–Crippen LogP) is 5.01. The van der Waals surface area contributed by atoms with E-state index in [9.17, 15) is 4.79 Å². The Morgan fingerprint density at radius 2 is 1.56 bits per heavy atom. The number of benzene rings is 3. The standard InChI is InChI=1S/C22H18N2O/c25-22(21-15-18-11-5-6-12-19(18)23-21)24-20-13-7-4-10-17(20)14-16-8-2-1-3-9-16/h1-13,15,23H,14H2,(H,24,25). The molecule has 1 heterocycles. The molecule has 0 fully saturated rings. The van der Waals surface area contributed by atoms with Crippen molar-refractivity contribution in [2.24, 2.45) is 0 Å².